The summed E-state index contributed by atoms with van der Waals surface area (Å²) in [6, 6.07) is 0. The van der Waals surface area contributed by atoms with Gasteiger partial charge in [0, 0.05) is 39.1 Å². The Kier molecular flexibility index (Phi) is 7.54. The Morgan fingerprint density at radius 3 is 2.69 bits per heavy atom. The first-order valence-electron chi connectivity index (χ1n) is 10.5. The molecule has 146 valence electrons. The van der Waals surface area contributed by atoms with Crippen LogP contribution in [0.15, 0.2) is 11.6 Å². The summed E-state index contributed by atoms with van der Waals surface area (Å²) in [6.45, 7) is 3.19. The van der Waals surface area contributed by atoms with E-state index < -0.39 is 0 Å². The van der Waals surface area contributed by atoms with E-state index in [-0.39, 0.29) is 12.0 Å². The molecule has 2 fully saturated rings. The summed E-state index contributed by atoms with van der Waals surface area (Å²) >= 11 is 0. The molecule has 1 atom stereocenters. The molecule has 2 saturated heterocycles. The molecule has 26 heavy (non-hydrogen) atoms. The molecule has 2 heterocycles. The minimum Gasteiger partial charge on any atom is -0.376 e. The van der Waals surface area contributed by atoms with Crippen LogP contribution >= 0.6 is 0 Å². The summed E-state index contributed by atoms with van der Waals surface area (Å²) in [5, 5.41) is 3.00. The number of piperidine rings is 1. The smallest absolute Gasteiger partial charge is 0.226 e. The van der Waals surface area contributed by atoms with E-state index in [1.165, 1.54) is 18.4 Å². The molecule has 3 rings (SSSR count). The van der Waals surface area contributed by atoms with Crippen LogP contribution in [0, 0.1) is 5.92 Å². The second kappa shape index (κ2) is 10.1. The lowest BCUT2D eigenvalue weighted by atomic mass is 9.91. The maximum absolute atomic E-state index is 12.5. The molecule has 0 saturated carbocycles. The molecule has 2 aliphatic heterocycles. The highest BCUT2D eigenvalue weighted by Crippen LogP contribution is 2.25. The first kappa shape index (κ1) is 19.4. The minimum atomic E-state index is 0.142. The van der Waals surface area contributed by atoms with Crippen LogP contribution in [0.2, 0.25) is 0 Å². The quantitative estimate of drug-likeness (QED) is 0.708. The fraction of sp³-hybridized carbons (Fsp3) is 0.810. The zero-order valence-corrected chi connectivity index (χ0v) is 16.0. The SMILES string of the molecule is O=C(CCC1CCN(C(=O)CC2=CCCCC2)CC1)NCC1CCCO1. The van der Waals surface area contributed by atoms with E-state index in [4.69, 9.17) is 4.74 Å². The van der Waals surface area contributed by atoms with Crippen molar-refractivity contribution >= 4 is 11.8 Å². The molecule has 5 heteroatoms. The molecule has 3 aliphatic rings. The second-order valence-electron chi connectivity index (χ2n) is 8.09. The van der Waals surface area contributed by atoms with E-state index in [1.807, 2.05) is 4.90 Å². The normalized spacial score (nSPS) is 24.4. The minimum absolute atomic E-state index is 0.142. The summed E-state index contributed by atoms with van der Waals surface area (Å²) in [5.74, 6) is 1.01. The summed E-state index contributed by atoms with van der Waals surface area (Å²) in [6.07, 6.45) is 13.6. The Morgan fingerprint density at radius 2 is 2.00 bits per heavy atom. The van der Waals surface area contributed by atoms with Gasteiger partial charge in [0.05, 0.1) is 6.10 Å². The van der Waals surface area contributed by atoms with Gasteiger partial charge < -0.3 is 15.0 Å². The van der Waals surface area contributed by atoms with Crippen molar-refractivity contribution in [3.63, 3.8) is 0 Å². The van der Waals surface area contributed by atoms with Gasteiger partial charge in [-0.2, -0.15) is 0 Å². The number of carbonyl (C=O) groups is 2. The molecule has 1 unspecified atom stereocenters. The molecular weight excluding hydrogens is 328 g/mol. The van der Waals surface area contributed by atoms with Gasteiger partial charge in [-0.05, 0) is 63.7 Å². The highest BCUT2D eigenvalue weighted by atomic mass is 16.5. The highest BCUT2D eigenvalue weighted by Gasteiger charge is 2.24. The van der Waals surface area contributed by atoms with Crippen molar-refractivity contribution in [2.75, 3.05) is 26.2 Å². The predicted molar refractivity (Wildman–Crippen MR) is 102 cm³/mol. The molecular formula is C21H34N2O3. The zero-order valence-electron chi connectivity index (χ0n) is 16.0. The zero-order chi connectivity index (χ0) is 18.2. The number of rotatable bonds is 7. The monoisotopic (exact) mass is 362 g/mol. The third-order valence-corrected chi connectivity index (χ3v) is 6.06. The lowest BCUT2D eigenvalue weighted by molar-refractivity contribution is -0.132. The summed E-state index contributed by atoms with van der Waals surface area (Å²) in [7, 11) is 0. The number of likely N-dealkylation sites (tertiary alicyclic amines) is 1. The number of nitrogens with zero attached hydrogens (tertiary/aromatic N) is 1. The van der Waals surface area contributed by atoms with Crippen LogP contribution in [0.4, 0.5) is 0 Å². The Balaban J connectivity index is 1.28. The van der Waals surface area contributed by atoms with Gasteiger partial charge in [0.2, 0.25) is 11.8 Å². The maximum atomic E-state index is 12.5. The van der Waals surface area contributed by atoms with Gasteiger partial charge in [0.25, 0.3) is 0 Å². The van der Waals surface area contributed by atoms with Crippen LogP contribution in [0.1, 0.15) is 70.6 Å². The number of ether oxygens (including phenoxy) is 1. The van der Waals surface area contributed by atoms with Gasteiger partial charge in [0.1, 0.15) is 0 Å². The Hall–Kier alpha value is -1.36. The molecule has 0 aromatic rings. The second-order valence-corrected chi connectivity index (χ2v) is 8.09. The summed E-state index contributed by atoms with van der Waals surface area (Å²) in [5.41, 5.74) is 1.34. The first-order valence-corrected chi connectivity index (χ1v) is 10.5. The lowest BCUT2D eigenvalue weighted by Gasteiger charge is -2.32. The summed E-state index contributed by atoms with van der Waals surface area (Å²) < 4.78 is 5.53. The topological polar surface area (TPSA) is 58.6 Å². The van der Waals surface area contributed by atoms with Crippen molar-refractivity contribution < 1.29 is 14.3 Å². The molecule has 0 aromatic heterocycles. The van der Waals surface area contributed by atoms with Crippen molar-refractivity contribution in [2.24, 2.45) is 5.92 Å². The van der Waals surface area contributed by atoms with Crippen LogP contribution in [0.5, 0.6) is 0 Å². The van der Waals surface area contributed by atoms with E-state index in [0.717, 1.165) is 64.6 Å². The molecule has 0 spiro atoms. The number of carbonyl (C=O) groups excluding carboxylic acids is 2. The fourth-order valence-electron chi connectivity index (χ4n) is 4.30. The lowest BCUT2D eigenvalue weighted by Crippen LogP contribution is -2.39. The van der Waals surface area contributed by atoms with Gasteiger partial charge in [-0.25, -0.2) is 0 Å². The van der Waals surface area contributed by atoms with E-state index in [2.05, 4.69) is 11.4 Å². The van der Waals surface area contributed by atoms with Crippen LogP contribution < -0.4 is 5.32 Å². The standard InChI is InChI=1S/C21H34N2O3/c24-20(22-16-19-7-4-14-26-19)9-8-17-10-12-23(13-11-17)21(25)15-18-5-2-1-3-6-18/h5,17,19H,1-4,6-16H2,(H,22,24). The van der Waals surface area contributed by atoms with Crippen molar-refractivity contribution in [2.45, 2.75) is 76.7 Å². The van der Waals surface area contributed by atoms with E-state index in [0.29, 0.717) is 31.2 Å². The number of allylic oxidation sites excluding steroid dienone is 1. The number of hydrogen-bond donors (Lipinski definition) is 1. The highest BCUT2D eigenvalue weighted by molar-refractivity contribution is 5.79. The third kappa shape index (κ3) is 6.11. The maximum Gasteiger partial charge on any atom is 0.226 e. The van der Waals surface area contributed by atoms with E-state index >= 15 is 0 Å². The van der Waals surface area contributed by atoms with Gasteiger partial charge in [-0.1, -0.05) is 11.6 Å². The molecule has 0 aromatic carbocycles. The van der Waals surface area contributed by atoms with Gasteiger partial charge >= 0.3 is 0 Å². The fourth-order valence-corrected chi connectivity index (χ4v) is 4.30. The number of amides is 2. The van der Waals surface area contributed by atoms with E-state index in [9.17, 15) is 9.59 Å². The number of nitrogens with one attached hydrogen (secondary N) is 1. The largest absolute Gasteiger partial charge is 0.376 e. The van der Waals surface area contributed by atoms with Gasteiger partial charge in [-0.3, -0.25) is 9.59 Å². The van der Waals surface area contributed by atoms with Crippen LogP contribution in [-0.4, -0.2) is 49.1 Å². The number of hydrogen-bond acceptors (Lipinski definition) is 3. The van der Waals surface area contributed by atoms with Gasteiger partial charge in [0.15, 0.2) is 0 Å². The van der Waals surface area contributed by atoms with Crippen LogP contribution in [-0.2, 0) is 14.3 Å². The Labute approximate surface area is 157 Å². The van der Waals surface area contributed by atoms with Crippen molar-refractivity contribution in [1.29, 1.82) is 0 Å². The molecule has 1 N–H and O–H groups in total. The Bertz CT molecular complexity index is 503. The van der Waals surface area contributed by atoms with Gasteiger partial charge in [-0.15, -0.1) is 0 Å². The molecule has 1 aliphatic carbocycles. The summed E-state index contributed by atoms with van der Waals surface area (Å²) in [4.78, 5) is 26.5. The van der Waals surface area contributed by atoms with Crippen LogP contribution in [0.3, 0.4) is 0 Å². The average Bonchev–Trinajstić information content (AvgIpc) is 3.19. The van der Waals surface area contributed by atoms with Crippen LogP contribution in [0.25, 0.3) is 0 Å². The van der Waals surface area contributed by atoms with E-state index in [1.54, 1.807) is 0 Å². The van der Waals surface area contributed by atoms with Crippen molar-refractivity contribution in [3.05, 3.63) is 11.6 Å². The van der Waals surface area contributed by atoms with Crippen molar-refractivity contribution in [3.8, 4) is 0 Å². The van der Waals surface area contributed by atoms with Crippen molar-refractivity contribution in [1.82, 2.24) is 10.2 Å². The third-order valence-electron chi connectivity index (χ3n) is 6.06. The molecule has 0 radical (unpaired) electrons. The first-order chi connectivity index (χ1) is 12.7. The average molecular weight is 363 g/mol. The molecule has 0 bridgehead atoms. The molecule has 2 amide bonds. The predicted octanol–water partition coefficient (Wildman–Crippen LogP) is 3.19. The molecule has 5 nitrogen and oxygen atoms in total. The Morgan fingerprint density at radius 1 is 1.15 bits per heavy atom.